The summed E-state index contributed by atoms with van der Waals surface area (Å²) in [7, 11) is 0. The van der Waals surface area contributed by atoms with E-state index >= 15 is 0 Å². The molecular weight excluding hydrogens is 241 g/mol. The molecule has 3 heteroatoms. The Morgan fingerprint density at radius 2 is 2.00 bits per heavy atom. The summed E-state index contributed by atoms with van der Waals surface area (Å²) in [6, 6.07) is 4.96. The molecule has 0 aliphatic carbocycles. The highest BCUT2D eigenvalue weighted by atomic mass is 19.1. The Morgan fingerprint density at radius 3 is 2.74 bits per heavy atom. The van der Waals surface area contributed by atoms with Gasteiger partial charge in [-0.2, -0.15) is 0 Å². The van der Waals surface area contributed by atoms with E-state index in [2.05, 4.69) is 19.2 Å². The van der Waals surface area contributed by atoms with Crippen molar-refractivity contribution in [2.45, 2.75) is 40.0 Å². The fourth-order valence-corrected chi connectivity index (χ4v) is 1.82. The van der Waals surface area contributed by atoms with Gasteiger partial charge in [0.05, 0.1) is 6.61 Å². The van der Waals surface area contributed by atoms with Gasteiger partial charge in [-0.05, 0) is 62.9 Å². The first-order valence-corrected chi connectivity index (χ1v) is 7.19. The van der Waals surface area contributed by atoms with Crippen LogP contribution in [0.5, 0.6) is 5.75 Å². The second-order valence-corrected chi connectivity index (χ2v) is 5.44. The van der Waals surface area contributed by atoms with E-state index in [1.807, 2.05) is 6.92 Å². The molecule has 0 unspecified atom stereocenters. The van der Waals surface area contributed by atoms with Gasteiger partial charge in [-0.3, -0.25) is 0 Å². The van der Waals surface area contributed by atoms with Crippen LogP contribution in [0, 0.1) is 18.7 Å². The van der Waals surface area contributed by atoms with Crippen molar-refractivity contribution in [1.82, 2.24) is 5.32 Å². The van der Waals surface area contributed by atoms with Gasteiger partial charge in [0.1, 0.15) is 0 Å². The van der Waals surface area contributed by atoms with Crippen LogP contribution in [0.1, 0.15) is 38.7 Å². The Morgan fingerprint density at radius 1 is 1.21 bits per heavy atom. The monoisotopic (exact) mass is 267 g/mol. The zero-order valence-electron chi connectivity index (χ0n) is 12.3. The second-order valence-electron chi connectivity index (χ2n) is 5.44. The number of halogens is 1. The third-order valence-corrected chi connectivity index (χ3v) is 2.89. The maximum atomic E-state index is 13.4. The van der Waals surface area contributed by atoms with Gasteiger partial charge >= 0.3 is 0 Å². The average Bonchev–Trinajstić information content (AvgIpc) is 2.36. The van der Waals surface area contributed by atoms with Crippen molar-refractivity contribution >= 4 is 0 Å². The van der Waals surface area contributed by atoms with E-state index in [-0.39, 0.29) is 5.82 Å². The minimum Gasteiger partial charge on any atom is -0.491 e. The van der Waals surface area contributed by atoms with Crippen LogP contribution in [0.2, 0.25) is 0 Å². The molecule has 1 aromatic rings. The van der Waals surface area contributed by atoms with Crippen LogP contribution in [0.25, 0.3) is 0 Å². The van der Waals surface area contributed by atoms with Gasteiger partial charge in [0.25, 0.3) is 0 Å². The predicted octanol–water partition coefficient (Wildman–Crippen LogP) is 3.93. The van der Waals surface area contributed by atoms with Crippen LogP contribution in [-0.2, 0) is 0 Å². The van der Waals surface area contributed by atoms with Gasteiger partial charge in [-0.1, -0.05) is 19.9 Å². The SMILES string of the molecule is Cc1ccc(F)c(OCCCCCNCC(C)C)c1. The van der Waals surface area contributed by atoms with Gasteiger partial charge < -0.3 is 10.1 Å². The zero-order chi connectivity index (χ0) is 14.1. The standard InChI is InChI=1S/C16H26FNO/c1-13(2)12-18-9-5-4-6-10-19-16-11-14(3)7-8-15(16)17/h7-8,11,13,18H,4-6,9-10,12H2,1-3H3. The first-order valence-electron chi connectivity index (χ1n) is 7.19. The van der Waals surface area contributed by atoms with E-state index in [1.54, 1.807) is 12.1 Å². The Labute approximate surface area is 116 Å². The van der Waals surface area contributed by atoms with E-state index in [4.69, 9.17) is 4.74 Å². The van der Waals surface area contributed by atoms with Crippen LogP contribution in [0.15, 0.2) is 18.2 Å². The highest BCUT2D eigenvalue weighted by molar-refractivity contribution is 5.29. The first-order chi connectivity index (χ1) is 9.09. The average molecular weight is 267 g/mol. The summed E-state index contributed by atoms with van der Waals surface area (Å²) in [6.45, 7) is 9.06. The molecule has 1 rings (SSSR count). The summed E-state index contributed by atoms with van der Waals surface area (Å²) < 4.78 is 18.9. The number of rotatable bonds is 9. The summed E-state index contributed by atoms with van der Waals surface area (Å²) in [6.07, 6.45) is 3.22. The molecule has 0 aliphatic heterocycles. The molecule has 0 heterocycles. The summed E-state index contributed by atoms with van der Waals surface area (Å²) >= 11 is 0. The minimum atomic E-state index is -0.274. The maximum absolute atomic E-state index is 13.4. The van der Waals surface area contributed by atoms with E-state index < -0.39 is 0 Å². The molecule has 0 radical (unpaired) electrons. The molecule has 0 saturated heterocycles. The van der Waals surface area contributed by atoms with Gasteiger partial charge in [0, 0.05) is 0 Å². The van der Waals surface area contributed by atoms with Crippen molar-refractivity contribution in [2.75, 3.05) is 19.7 Å². The minimum absolute atomic E-state index is 0.274. The normalized spacial score (nSPS) is 11.0. The smallest absolute Gasteiger partial charge is 0.165 e. The lowest BCUT2D eigenvalue weighted by atomic mass is 10.2. The molecule has 0 aliphatic rings. The largest absolute Gasteiger partial charge is 0.491 e. The van der Waals surface area contributed by atoms with Crippen molar-refractivity contribution in [2.24, 2.45) is 5.92 Å². The third kappa shape index (κ3) is 7.16. The van der Waals surface area contributed by atoms with Crippen molar-refractivity contribution in [3.05, 3.63) is 29.6 Å². The van der Waals surface area contributed by atoms with E-state index in [9.17, 15) is 4.39 Å². The number of hydrogen-bond acceptors (Lipinski definition) is 2. The second kappa shape index (κ2) is 8.92. The van der Waals surface area contributed by atoms with Crippen LogP contribution in [0.4, 0.5) is 4.39 Å². The third-order valence-electron chi connectivity index (χ3n) is 2.89. The quantitative estimate of drug-likeness (QED) is 0.684. The Kier molecular flexibility index (Phi) is 7.49. The summed E-state index contributed by atoms with van der Waals surface area (Å²) in [4.78, 5) is 0. The van der Waals surface area contributed by atoms with Crippen LogP contribution in [0.3, 0.4) is 0 Å². The number of benzene rings is 1. The summed E-state index contributed by atoms with van der Waals surface area (Å²) in [5.74, 6) is 0.801. The lowest BCUT2D eigenvalue weighted by Gasteiger charge is -2.09. The van der Waals surface area contributed by atoms with E-state index in [0.717, 1.165) is 37.9 Å². The molecule has 0 saturated carbocycles. The Hall–Kier alpha value is -1.09. The fourth-order valence-electron chi connectivity index (χ4n) is 1.82. The first kappa shape index (κ1) is 16.0. The molecular formula is C16H26FNO. The van der Waals surface area contributed by atoms with Crippen LogP contribution in [-0.4, -0.2) is 19.7 Å². The molecule has 108 valence electrons. The molecule has 1 aromatic carbocycles. The lowest BCUT2D eigenvalue weighted by Crippen LogP contribution is -2.20. The fraction of sp³-hybridized carbons (Fsp3) is 0.625. The molecule has 1 N–H and O–H groups in total. The molecule has 0 atom stereocenters. The number of aryl methyl sites for hydroxylation is 1. The van der Waals surface area contributed by atoms with Gasteiger partial charge in [0.15, 0.2) is 11.6 Å². The van der Waals surface area contributed by atoms with Crippen molar-refractivity contribution in [3.63, 3.8) is 0 Å². The molecule has 0 aromatic heterocycles. The van der Waals surface area contributed by atoms with Crippen molar-refractivity contribution in [3.8, 4) is 5.75 Å². The number of hydrogen-bond donors (Lipinski definition) is 1. The van der Waals surface area contributed by atoms with Crippen molar-refractivity contribution < 1.29 is 9.13 Å². The lowest BCUT2D eigenvalue weighted by molar-refractivity contribution is 0.290. The Balaban J connectivity index is 2.06. The molecule has 0 fully saturated rings. The van der Waals surface area contributed by atoms with Crippen LogP contribution < -0.4 is 10.1 Å². The van der Waals surface area contributed by atoms with Crippen molar-refractivity contribution in [1.29, 1.82) is 0 Å². The highest BCUT2D eigenvalue weighted by Gasteiger charge is 2.02. The molecule has 0 bridgehead atoms. The maximum Gasteiger partial charge on any atom is 0.165 e. The van der Waals surface area contributed by atoms with E-state index in [1.165, 1.54) is 6.07 Å². The number of ether oxygens (including phenoxy) is 1. The van der Waals surface area contributed by atoms with Crippen LogP contribution >= 0.6 is 0 Å². The molecule has 0 amide bonds. The van der Waals surface area contributed by atoms with Gasteiger partial charge in [0.2, 0.25) is 0 Å². The highest BCUT2D eigenvalue weighted by Crippen LogP contribution is 2.18. The topological polar surface area (TPSA) is 21.3 Å². The number of nitrogens with one attached hydrogen (secondary N) is 1. The zero-order valence-corrected chi connectivity index (χ0v) is 12.3. The summed E-state index contributed by atoms with van der Waals surface area (Å²) in [5, 5.41) is 3.41. The van der Waals surface area contributed by atoms with Gasteiger partial charge in [-0.25, -0.2) is 4.39 Å². The summed E-state index contributed by atoms with van der Waals surface area (Å²) in [5.41, 5.74) is 1.02. The van der Waals surface area contributed by atoms with Gasteiger partial charge in [-0.15, -0.1) is 0 Å². The molecule has 19 heavy (non-hydrogen) atoms. The number of unbranched alkanes of at least 4 members (excludes halogenated alkanes) is 2. The predicted molar refractivity (Wildman–Crippen MR) is 78.2 cm³/mol. The molecule has 2 nitrogen and oxygen atoms in total. The van der Waals surface area contributed by atoms with E-state index in [0.29, 0.717) is 18.3 Å². The Bertz CT molecular complexity index is 366. The molecule has 0 spiro atoms.